The van der Waals surface area contributed by atoms with Gasteiger partial charge in [-0.25, -0.2) is 4.39 Å². The van der Waals surface area contributed by atoms with Crippen molar-refractivity contribution in [2.75, 3.05) is 11.5 Å². The second kappa shape index (κ2) is 9.25. The number of nitrogens with one attached hydrogen (secondary N) is 1. The van der Waals surface area contributed by atoms with E-state index in [1.54, 1.807) is 42.1 Å². The van der Waals surface area contributed by atoms with Crippen LogP contribution in [0, 0.1) is 11.2 Å². The van der Waals surface area contributed by atoms with E-state index in [1.807, 2.05) is 11.4 Å². The molecule has 0 aromatic heterocycles. The van der Waals surface area contributed by atoms with Crippen LogP contribution >= 0.6 is 46.6 Å². The van der Waals surface area contributed by atoms with Crippen molar-refractivity contribution in [1.29, 1.82) is 5.41 Å². The lowest BCUT2D eigenvalue weighted by Crippen LogP contribution is -2.77. The van der Waals surface area contributed by atoms with Gasteiger partial charge in [-0.2, -0.15) is 11.8 Å². The number of allylic oxidation sites excluding steroid dienone is 1. The quantitative estimate of drug-likeness (QED) is 0.369. The van der Waals surface area contributed by atoms with Crippen LogP contribution in [0.5, 0.6) is 0 Å². The number of hydrogen-bond acceptors (Lipinski definition) is 3. The predicted molar refractivity (Wildman–Crippen MR) is 115 cm³/mol. The fourth-order valence-electron chi connectivity index (χ4n) is 2.77. The molecule has 0 spiro atoms. The number of nitrogens with two attached hydrogens (primary N) is 1. The number of thioether (sulfide) groups is 1. The van der Waals surface area contributed by atoms with Crippen LogP contribution in [0.2, 0.25) is 10.0 Å². The molecule has 0 atom stereocenters. The maximum Gasteiger partial charge on any atom is 0.270 e. The molecule has 0 saturated carbocycles. The first-order valence-corrected chi connectivity index (χ1v) is 10.5. The number of benzene rings is 2. The van der Waals surface area contributed by atoms with Gasteiger partial charge < -0.3 is 0 Å². The van der Waals surface area contributed by atoms with Crippen LogP contribution in [0.1, 0.15) is 5.56 Å². The molecular weight excluding hydrogens is 442 g/mol. The van der Waals surface area contributed by atoms with Crippen molar-refractivity contribution in [3.63, 3.8) is 0 Å². The number of carbonyl (C=O) groups excluding carboxylic acids is 1. The SMILES string of the molecule is N=C(C(=O)Cl)C1=C([NH2+]c2ccc(Cl)cc2Cl)C(=Cc2ccc(F)cc2)CSC1. The first-order chi connectivity index (χ1) is 13.3. The lowest BCUT2D eigenvalue weighted by molar-refractivity contribution is -0.514. The molecule has 3 N–H and O–H groups in total. The predicted octanol–water partition coefficient (Wildman–Crippen LogP) is 5.20. The van der Waals surface area contributed by atoms with Gasteiger partial charge in [0, 0.05) is 28.2 Å². The summed E-state index contributed by atoms with van der Waals surface area (Å²) in [4.78, 5) is 11.6. The van der Waals surface area contributed by atoms with Crippen molar-refractivity contribution in [3.8, 4) is 0 Å². The number of carbonyl (C=O) groups is 1. The molecule has 8 heteroatoms. The summed E-state index contributed by atoms with van der Waals surface area (Å²) >= 11 is 19.4. The highest BCUT2D eigenvalue weighted by molar-refractivity contribution is 7.99. The molecule has 0 saturated heterocycles. The maximum atomic E-state index is 13.2. The topological polar surface area (TPSA) is 57.5 Å². The fraction of sp³-hybridized carbons (Fsp3) is 0.100. The number of halogens is 4. The molecule has 0 amide bonds. The van der Waals surface area contributed by atoms with Crippen LogP contribution in [-0.4, -0.2) is 22.5 Å². The molecule has 1 aliphatic rings. The highest BCUT2D eigenvalue weighted by Crippen LogP contribution is 2.29. The van der Waals surface area contributed by atoms with E-state index in [2.05, 4.69) is 0 Å². The lowest BCUT2D eigenvalue weighted by atomic mass is 10.0. The van der Waals surface area contributed by atoms with Crippen LogP contribution < -0.4 is 5.32 Å². The average molecular weight is 457 g/mol. The number of rotatable bonds is 5. The Hall–Kier alpha value is -1.63. The minimum atomic E-state index is -0.813. The molecule has 0 unspecified atom stereocenters. The Labute approximate surface area is 181 Å². The summed E-state index contributed by atoms with van der Waals surface area (Å²) in [6, 6.07) is 11.2. The van der Waals surface area contributed by atoms with Gasteiger partial charge in [0.15, 0.2) is 5.69 Å². The molecule has 2 aromatic rings. The fourth-order valence-corrected chi connectivity index (χ4v) is 4.41. The molecule has 2 aromatic carbocycles. The van der Waals surface area contributed by atoms with Crippen LogP contribution in [0.4, 0.5) is 10.1 Å². The monoisotopic (exact) mass is 455 g/mol. The van der Waals surface area contributed by atoms with Crippen LogP contribution in [-0.2, 0) is 4.79 Å². The van der Waals surface area contributed by atoms with Gasteiger partial charge in [0.25, 0.3) is 5.24 Å². The zero-order chi connectivity index (χ0) is 20.3. The van der Waals surface area contributed by atoms with Crippen LogP contribution in [0.15, 0.2) is 59.3 Å². The van der Waals surface area contributed by atoms with Gasteiger partial charge in [-0.05, 0) is 47.5 Å². The zero-order valence-electron chi connectivity index (χ0n) is 14.4. The molecule has 1 aliphatic heterocycles. The van der Waals surface area contributed by atoms with Gasteiger partial charge in [-0.15, -0.1) is 0 Å². The molecule has 3 nitrogen and oxygen atoms in total. The van der Waals surface area contributed by atoms with E-state index in [1.165, 1.54) is 12.1 Å². The van der Waals surface area contributed by atoms with E-state index in [0.29, 0.717) is 38.5 Å². The standard InChI is InChI=1S/C20H14Cl3FN2OS/c21-13-3-6-17(16(22)8-13)26-19-12(7-11-1-4-14(24)5-2-11)9-28-10-15(19)18(25)20(23)27/h1-8,25-26H,9-10H2/p+1. The normalized spacial score (nSPS) is 15.8. The second-order valence-corrected chi connectivity index (χ2v) is 8.24. The van der Waals surface area contributed by atoms with Gasteiger partial charge in [0.1, 0.15) is 22.2 Å². The summed E-state index contributed by atoms with van der Waals surface area (Å²) in [6.07, 6.45) is 1.91. The summed E-state index contributed by atoms with van der Waals surface area (Å²) < 4.78 is 13.2. The molecule has 3 rings (SSSR count). The summed E-state index contributed by atoms with van der Waals surface area (Å²) in [7, 11) is 0. The largest absolute Gasteiger partial charge is 0.296 e. The molecule has 1 heterocycles. The second-order valence-electron chi connectivity index (χ2n) is 6.07. The maximum absolute atomic E-state index is 13.2. The van der Waals surface area contributed by atoms with Crippen molar-refractivity contribution in [1.82, 2.24) is 0 Å². The highest BCUT2D eigenvalue weighted by atomic mass is 35.5. The Bertz CT molecular complexity index is 1000. The van der Waals surface area contributed by atoms with E-state index in [0.717, 1.165) is 11.1 Å². The van der Waals surface area contributed by atoms with Crippen LogP contribution in [0.3, 0.4) is 0 Å². The Morgan fingerprint density at radius 1 is 1.14 bits per heavy atom. The molecular formula is C20H15Cl3FN2OS+. The van der Waals surface area contributed by atoms with Crippen molar-refractivity contribution < 1.29 is 14.5 Å². The third-order valence-corrected chi connectivity index (χ3v) is 5.91. The third-order valence-electron chi connectivity index (χ3n) is 4.15. The van der Waals surface area contributed by atoms with Crippen molar-refractivity contribution in [3.05, 3.63) is 80.7 Å². The Balaban J connectivity index is 2.09. The minimum Gasteiger partial charge on any atom is -0.296 e. The number of quaternary nitrogens is 1. The van der Waals surface area contributed by atoms with Crippen molar-refractivity contribution in [2.45, 2.75) is 0 Å². The third kappa shape index (κ3) is 5.04. The van der Waals surface area contributed by atoms with Gasteiger partial charge in [0.2, 0.25) is 0 Å². The molecule has 144 valence electrons. The highest BCUT2D eigenvalue weighted by Gasteiger charge is 2.28. The van der Waals surface area contributed by atoms with E-state index in [-0.39, 0.29) is 11.5 Å². The summed E-state index contributed by atoms with van der Waals surface area (Å²) in [5, 5.41) is 10.1. The first kappa shape index (κ1) is 21.1. The minimum absolute atomic E-state index is 0.241. The lowest BCUT2D eigenvalue weighted by Gasteiger charge is -2.20. The van der Waals surface area contributed by atoms with E-state index in [4.69, 9.17) is 40.2 Å². The Morgan fingerprint density at radius 2 is 1.86 bits per heavy atom. The van der Waals surface area contributed by atoms with E-state index in [9.17, 15) is 9.18 Å². The summed E-state index contributed by atoms with van der Waals surface area (Å²) in [5.74, 6) is 0.835. The van der Waals surface area contributed by atoms with Gasteiger partial charge in [-0.3, -0.25) is 15.5 Å². The van der Waals surface area contributed by atoms with Gasteiger partial charge in [-0.1, -0.05) is 35.3 Å². The van der Waals surface area contributed by atoms with Crippen molar-refractivity contribution in [2.24, 2.45) is 0 Å². The van der Waals surface area contributed by atoms with Crippen LogP contribution in [0.25, 0.3) is 6.08 Å². The molecule has 0 fully saturated rings. The number of hydrogen-bond donors (Lipinski definition) is 2. The summed E-state index contributed by atoms with van der Waals surface area (Å²) in [5.41, 5.74) is 3.43. The molecule has 0 bridgehead atoms. The average Bonchev–Trinajstić information content (AvgIpc) is 2.66. The van der Waals surface area contributed by atoms with Gasteiger partial charge >= 0.3 is 0 Å². The van der Waals surface area contributed by atoms with E-state index >= 15 is 0 Å². The van der Waals surface area contributed by atoms with Gasteiger partial charge in [0.05, 0.1) is 5.57 Å². The molecule has 0 radical (unpaired) electrons. The first-order valence-electron chi connectivity index (χ1n) is 8.21. The van der Waals surface area contributed by atoms with Crippen molar-refractivity contribution >= 4 is 69.3 Å². The zero-order valence-corrected chi connectivity index (χ0v) is 17.5. The molecule has 28 heavy (non-hydrogen) atoms. The smallest absolute Gasteiger partial charge is 0.270 e. The summed E-state index contributed by atoms with van der Waals surface area (Å²) in [6.45, 7) is 0. The molecule has 0 aliphatic carbocycles. The Kier molecular flexibility index (Phi) is 6.96. The Morgan fingerprint density at radius 3 is 2.50 bits per heavy atom. The van der Waals surface area contributed by atoms with E-state index < -0.39 is 5.24 Å².